The fourth-order valence-corrected chi connectivity index (χ4v) is 1.67. The Balaban J connectivity index is 2.83. The third kappa shape index (κ3) is 4.68. The first kappa shape index (κ1) is 13.2. The van der Waals surface area contributed by atoms with Gasteiger partial charge in [0.25, 0.3) is 5.79 Å². The van der Waals surface area contributed by atoms with E-state index in [1.165, 1.54) is 13.8 Å². The van der Waals surface area contributed by atoms with Crippen LogP contribution in [0.5, 0.6) is 0 Å². The molecule has 1 rings (SSSR count). The van der Waals surface area contributed by atoms with Gasteiger partial charge in [0.1, 0.15) is 0 Å². The zero-order valence-electron chi connectivity index (χ0n) is 10.2. The quantitative estimate of drug-likeness (QED) is 0.593. The second-order valence-electron chi connectivity index (χ2n) is 3.98. The van der Waals surface area contributed by atoms with Crippen molar-refractivity contribution < 1.29 is 19.1 Å². The molecule has 0 radical (unpaired) electrons. The lowest BCUT2D eigenvalue weighted by molar-refractivity contribution is -0.219. The number of esters is 2. The van der Waals surface area contributed by atoms with E-state index in [4.69, 9.17) is 9.47 Å². The number of rotatable bonds is 4. The molecule has 4 nitrogen and oxygen atoms in total. The summed E-state index contributed by atoms with van der Waals surface area (Å²) in [5, 5.41) is 0. The number of hydrogen-bond donors (Lipinski definition) is 0. The Morgan fingerprint density at radius 3 is 1.94 bits per heavy atom. The average molecular weight is 236 g/mol. The molecule has 0 amide bonds. The Labute approximate surface area is 101 Å². The number of hydrogen-bond acceptors (Lipinski definition) is 4. The largest absolute Gasteiger partial charge is 0.423 e. The highest BCUT2D eigenvalue weighted by Gasteiger charge is 2.31. The number of carbonyl (C=O) groups excluding carboxylic acids is 2. The summed E-state index contributed by atoms with van der Waals surface area (Å²) >= 11 is 0. The smallest absolute Gasteiger partial charge is 0.305 e. The van der Waals surface area contributed by atoms with Gasteiger partial charge in [0.15, 0.2) is 0 Å². The van der Waals surface area contributed by atoms with Crippen molar-refractivity contribution in [2.24, 2.45) is 0 Å². The van der Waals surface area contributed by atoms with E-state index in [0.29, 0.717) is 6.42 Å². The number of benzene rings is 1. The monoisotopic (exact) mass is 236 g/mol. The van der Waals surface area contributed by atoms with Crippen LogP contribution in [-0.2, 0) is 25.5 Å². The van der Waals surface area contributed by atoms with Crippen molar-refractivity contribution >= 4 is 11.9 Å². The van der Waals surface area contributed by atoms with Crippen LogP contribution in [0.4, 0.5) is 0 Å². The maximum atomic E-state index is 11.0. The Morgan fingerprint density at radius 1 is 1.06 bits per heavy atom. The predicted octanol–water partition coefficient (Wildman–Crippen LogP) is 2.07. The van der Waals surface area contributed by atoms with Crippen LogP contribution in [0.25, 0.3) is 0 Å². The van der Waals surface area contributed by atoms with Crippen LogP contribution in [0, 0.1) is 0 Å². The zero-order valence-corrected chi connectivity index (χ0v) is 10.2. The van der Waals surface area contributed by atoms with E-state index in [9.17, 15) is 9.59 Å². The van der Waals surface area contributed by atoms with E-state index in [1.807, 2.05) is 30.3 Å². The van der Waals surface area contributed by atoms with Gasteiger partial charge in [-0.1, -0.05) is 30.3 Å². The van der Waals surface area contributed by atoms with Gasteiger partial charge in [0, 0.05) is 27.2 Å². The molecule has 1 aromatic carbocycles. The molecular formula is C13H16O4. The molecule has 17 heavy (non-hydrogen) atoms. The lowest BCUT2D eigenvalue weighted by Gasteiger charge is -2.28. The fraction of sp³-hybridized carbons (Fsp3) is 0.385. The predicted molar refractivity (Wildman–Crippen MR) is 62.1 cm³/mol. The Morgan fingerprint density at radius 2 is 1.53 bits per heavy atom. The molecule has 0 aliphatic rings. The molecule has 0 N–H and O–H groups in total. The third-order valence-corrected chi connectivity index (χ3v) is 2.09. The minimum absolute atomic E-state index is 0.326. The maximum absolute atomic E-state index is 11.0. The number of carbonyl (C=O) groups is 2. The van der Waals surface area contributed by atoms with Crippen LogP contribution < -0.4 is 0 Å². The molecule has 0 saturated carbocycles. The summed E-state index contributed by atoms with van der Waals surface area (Å²) in [4.78, 5) is 22.0. The van der Waals surface area contributed by atoms with E-state index in [1.54, 1.807) is 6.92 Å². The van der Waals surface area contributed by atoms with Crippen molar-refractivity contribution in [2.75, 3.05) is 0 Å². The molecule has 0 aromatic heterocycles. The highest BCUT2D eigenvalue weighted by atomic mass is 16.7. The molecule has 92 valence electrons. The van der Waals surface area contributed by atoms with Gasteiger partial charge in [0.2, 0.25) is 0 Å². The van der Waals surface area contributed by atoms with E-state index in [-0.39, 0.29) is 0 Å². The molecule has 0 bridgehead atoms. The molecule has 0 heterocycles. The molecule has 0 aliphatic carbocycles. The summed E-state index contributed by atoms with van der Waals surface area (Å²) < 4.78 is 10.1. The van der Waals surface area contributed by atoms with E-state index < -0.39 is 17.7 Å². The molecule has 0 saturated heterocycles. The van der Waals surface area contributed by atoms with Crippen LogP contribution >= 0.6 is 0 Å². The van der Waals surface area contributed by atoms with Crippen LogP contribution in [0.15, 0.2) is 30.3 Å². The van der Waals surface area contributed by atoms with Gasteiger partial charge in [-0.25, -0.2) is 0 Å². The van der Waals surface area contributed by atoms with Crippen molar-refractivity contribution in [3.63, 3.8) is 0 Å². The van der Waals surface area contributed by atoms with Gasteiger partial charge in [-0.05, 0) is 5.56 Å². The lowest BCUT2D eigenvalue weighted by Crippen LogP contribution is -2.38. The van der Waals surface area contributed by atoms with Gasteiger partial charge >= 0.3 is 11.9 Å². The van der Waals surface area contributed by atoms with Gasteiger partial charge in [-0.2, -0.15) is 0 Å². The summed E-state index contributed by atoms with van der Waals surface area (Å²) in [6.07, 6.45) is 0.326. The topological polar surface area (TPSA) is 52.6 Å². The Hall–Kier alpha value is -1.84. The summed E-state index contributed by atoms with van der Waals surface area (Å²) in [5.41, 5.74) is 0.928. The van der Waals surface area contributed by atoms with E-state index in [0.717, 1.165) is 5.56 Å². The lowest BCUT2D eigenvalue weighted by atomic mass is 10.1. The zero-order chi connectivity index (χ0) is 12.9. The van der Waals surface area contributed by atoms with Crippen LogP contribution in [0.3, 0.4) is 0 Å². The molecule has 0 spiro atoms. The normalized spacial score (nSPS) is 10.8. The Bertz CT molecular complexity index is 381. The van der Waals surface area contributed by atoms with Crippen LogP contribution in [0.2, 0.25) is 0 Å². The summed E-state index contributed by atoms with van der Waals surface area (Å²) in [7, 11) is 0. The van der Waals surface area contributed by atoms with Gasteiger partial charge < -0.3 is 9.47 Å². The van der Waals surface area contributed by atoms with Crippen molar-refractivity contribution in [3.8, 4) is 0 Å². The average Bonchev–Trinajstić information content (AvgIpc) is 2.15. The second kappa shape index (κ2) is 5.48. The molecular weight excluding hydrogens is 220 g/mol. The van der Waals surface area contributed by atoms with Crippen molar-refractivity contribution in [2.45, 2.75) is 33.0 Å². The van der Waals surface area contributed by atoms with Gasteiger partial charge in [0.05, 0.1) is 0 Å². The summed E-state index contributed by atoms with van der Waals surface area (Å²) in [6, 6.07) is 9.39. The van der Waals surface area contributed by atoms with E-state index in [2.05, 4.69) is 0 Å². The second-order valence-corrected chi connectivity index (χ2v) is 3.98. The van der Waals surface area contributed by atoms with Crippen molar-refractivity contribution in [3.05, 3.63) is 35.9 Å². The van der Waals surface area contributed by atoms with Gasteiger partial charge in [-0.15, -0.1) is 0 Å². The number of ether oxygens (including phenoxy) is 2. The first-order valence-electron chi connectivity index (χ1n) is 5.34. The first-order chi connectivity index (χ1) is 7.91. The fourth-order valence-electron chi connectivity index (χ4n) is 1.67. The summed E-state index contributed by atoms with van der Waals surface area (Å²) in [5.74, 6) is -2.21. The molecule has 0 atom stereocenters. The standard InChI is InChI=1S/C13H16O4/c1-10(14)16-13(3,17-11(2)15)9-12-7-5-4-6-8-12/h4-8H,9H2,1-3H3. The highest BCUT2D eigenvalue weighted by molar-refractivity contribution is 5.68. The first-order valence-corrected chi connectivity index (χ1v) is 5.34. The van der Waals surface area contributed by atoms with E-state index >= 15 is 0 Å². The Kier molecular flexibility index (Phi) is 4.26. The minimum atomic E-state index is -1.25. The van der Waals surface area contributed by atoms with Crippen molar-refractivity contribution in [1.29, 1.82) is 0 Å². The highest BCUT2D eigenvalue weighted by Crippen LogP contribution is 2.20. The minimum Gasteiger partial charge on any atom is -0.423 e. The van der Waals surface area contributed by atoms with Crippen LogP contribution in [0.1, 0.15) is 26.3 Å². The van der Waals surface area contributed by atoms with Crippen molar-refractivity contribution in [1.82, 2.24) is 0 Å². The molecule has 0 fully saturated rings. The maximum Gasteiger partial charge on any atom is 0.305 e. The molecule has 0 aliphatic heterocycles. The molecule has 4 heteroatoms. The third-order valence-electron chi connectivity index (χ3n) is 2.09. The SMILES string of the molecule is CC(=O)OC(C)(Cc1ccccc1)OC(C)=O. The molecule has 0 unspecified atom stereocenters. The van der Waals surface area contributed by atoms with Gasteiger partial charge in [-0.3, -0.25) is 9.59 Å². The molecule has 1 aromatic rings. The summed E-state index contributed by atoms with van der Waals surface area (Å²) in [6.45, 7) is 4.14. The van der Waals surface area contributed by atoms with Crippen LogP contribution in [-0.4, -0.2) is 17.7 Å².